The summed E-state index contributed by atoms with van der Waals surface area (Å²) >= 11 is 0. The number of nitrogens with zero attached hydrogens (tertiary/aromatic N) is 1. The number of aryl methyl sites for hydroxylation is 1. The summed E-state index contributed by atoms with van der Waals surface area (Å²) in [4.78, 5) is 2.31. The molecule has 0 bridgehead atoms. The Kier molecular flexibility index (Phi) is 5.85. The molecule has 5 nitrogen and oxygen atoms in total. The molecule has 0 saturated heterocycles. The Hall–Kier alpha value is -2.05. The zero-order valence-corrected chi connectivity index (χ0v) is 15.4. The van der Waals surface area contributed by atoms with Gasteiger partial charge in [0, 0.05) is 26.3 Å². The number of rotatable bonds is 7. The third kappa shape index (κ3) is 4.49. The summed E-state index contributed by atoms with van der Waals surface area (Å²) in [6, 6.07) is 13.0. The van der Waals surface area contributed by atoms with Crippen LogP contribution < -0.4 is 14.4 Å². The number of benzene rings is 2. The lowest BCUT2D eigenvalue weighted by molar-refractivity contribution is 0.414. The summed E-state index contributed by atoms with van der Waals surface area (Å²) in [6.07, 6.45) is 0.641. The standard InChI is InChI=1S/C18H24N2O3S/c1-14-13-17(23-4)9-10-18(14)24(21,22)19-12-11-15-5-7-16(8-6-15)20(2)3/h5-10,13,19H,11-12H2,1-4H3. The topological polar surface area (TPSA) is 58.6 Å². The maximum atomic E-state index is 12.4. The van der Waals surface area contributed by atoms with Crippen LogP contribution >= 0.6 is 0 Å². The fourth-order valence-corrected chi connectivity index (χ4v) is 3.67. The highest BCUT2D eigenvalue weighted by Gasteiger charge is 2.16. The zero-order chi connectivity index (χ0) is 17.7. The Balaban J connectivity index is 2.00. The number of anilines is 1. The molecule has 0 saturated carbocycles. The Morgan fingerprint density at radius 3 is 2.29 bits per heavy atom. The molecule has 0 spiro atoms. The van der Waals surface area contributed by atoms with Crippen LogP contribution in [0.4, 0.5) is 5.69 Å². The number of hydrogen-bond donors (Lipinski definition) is 1. The third-order valence-corrected chi connectivity index (χ3v) is 5.45. The van der Waals surface area contributed by atoms with E-state index >= 15 is 0 Å². The molecule has 24 heavy (non-hydrogen) atoms. The Bertz CT molecular complexity index is 784. The van der Waals surface area contributed by atoms with Gasteiger partial charge in [0.25, 0.3) is 0 Å². The summed E-state index contributed by atoms with van der Waals surface area (Å²) in [5.41, 5.74) is 2.88. The molecule has 1 N–H and O–H groups in total. The van der Waals surface area contributed by atoms with Gasteiger partial charge in [0.15, 0.2) is 0 Å². The Morgan fingerprint density at radius 1 is 1.08 bits per heavy atom. The molecule has 0 aliphatic rings. The third-order valence-electron chi connectivity index (χ3n) is 3.83. The highest BCUT2D eigenvalue weighted by atomic mass is 32.2. The van der Waals surface area contributed by atoms with Crippen molar-refractivity contribution in [2.24, 2.45) is 0 Å². The van der Waals surface area contributed by atoms with Crippen LogP contribution in [-0.4, -0.2) is 36.2 Å². The number of hydrogen-bond acceptors (Lipinski definition) is 4. The summed E-state index contributed by atoms with van der Waals surface area (Å²) in [7, 11) is 2.01. The van der Waals surface area contributed by atoms with Gasteiger partial charge in [-0.1, -0.05) is 12.1 Å². The minimum Gasteiger partial charge on any atom is -0.497 e. The summed E-state index contributed by atoms with van der Waals surface area (Å²) in [5, 5.41) is 0. The predicted octanol–water partition coefficient (Wildman–Crippen LogP) is 2.59. The number of methoxy groups -OCH3 is 1. The van der Waals surface area contributed by atoms with Crippen molar-refractivity contribution < 1.29 is 13.2 Å². The Morgan fingerprint density at radius 2 is 1.75 bits per heavy atom. The van der Waals surface area contributed by atoms with Crippen LogP contribution in [0.5, 0.6) is 5.75 Å². The molecule has 0 aliphatic carbocycles. The second kappa shape index (κ2) is 7.68. The molecule has 2 aromatic rings. The van der Waals surface area contributed by atoms with Crippen molar-refractivity contribution in [3.05, 3.63) is 53.6 Å². The number of nitrogens with one attached hydrogen (secondary N) is 1. The van der Waals surface area contributed by atoms with E-state index in [-0.39, 0.29) is 4.90 Å². The molecule has 0 atom stereocenters. The SMILES string of the molecule is COc1ccc(S(=O)(=O)NCCc2ccc(N(C)C)cc2)c(C)c1. The maximum Gasteiger partial charge on any atom is 0.240 e. The molecule has 130 valence electrons. The average molecular weight is 348 g/mol. The average Bonchev–Trinajstić information content (AvgIpc) is 2.54. The van der Waals surface area contributed by atoms with Gasteiger partial charge >= 0.3 is 0 Å². The summed E-state index contributed by atoms with van der Waals surface area (Å²) < 4.78 is 32.6. The molecule has 2 rings (SSSR count). The van der Waals surface area contributed by atoms with E-state index in [1.54, 1.807) is 32.2 Å². The van der Waals surface area contributed by atoms with Crippen LogP contribution in [0.25, 0.3) is 0 Å². The van der Waals surface area contributed by atoms with Gasteiger partial charge in [-0.2, -0.15) is 0 Å². The lowest BCUT2D eigenvalue weighted by atomic mass is 10.1. The summed E-state index contributed by atoms with van der Waals surface area (Å²) in [5.74, 6) is 0.646. The van der Waals surface area contributed by atoms with Crippen LogP contribution in [-0.2, 0) is 16.4 Å². The van der Waals surface area contributed by atoms with Gasteiger partial charge in [0.1, 0.15) is 5.75 Å². The molecule has 2 aromatic carbocycles. The van der Waals surface area contributed by atoms with Crippen molar-refractivity contribution in [2.75, 3.05) is 32.6 Å². The van der Waals surface area contributed by atoms with Gasteiger partial charge in [-0.05, 0) is 54.8 Å². The van der Waals surface area contributed by atoms with Gasteiger partial charge in [0.2, 0.25) is 10.0 Å². The van der Waals surface area contributed by atoms with Crippen molar-refractivity contribution in [3.63, 3.8) is 0 Å². The highest BCUT2D eigenvalue weighted by molar-refractivity contribution is 7.89. The molecule has 0 aromatic heterocycles. The van der Waals surface area contributed by atoms with Gasteiger partial charge in [0.05, 0.1) is 12.0 Å². The fourth-order valence-electron chi connectivity index (χ4n) is 2.42. The Labute approximate surface area is 144 Å². The van der Waals surface area contributed by atoms with E-state index in [1.807, 2.05) is 43.3 Å². The van der Waals surface area contributed by atoms with Crippen molar-refractivity contribution in [3.8, 4) is 5.75 Å². The normalized spacial score (nSPS) is 11.3. The lowest BCUT2D eigenvalue weighted by Crippen LogP contribution is -2.26. The first-order valence-electron chi connectivity index (χ1n) is 7.74. The van der Waals surface area contributed by atoms with E-state index in [0.717, 1.165) is 11.3 Å². The first-order chi connectivity index (χ1) is 11.3. The molecule has 0 unspecified atom stereocenters. The van der Waals surface area contributed by atoms with Crippen molar-refractivity contribution in [1.29, 1.82) is 0 Å². The molecular weight excluding hydrogens is 324 g/mol. The van der Waals surface area contributed by atoms with Crippen molar-refractivity contribution in [1.82, 2.24) is 4.72 Å². The van der Waals surface area contributed by atoms with Crippen LogP contribution in [0.1, 0.15) is 11.1 Å². The highest BCUT2D eigenvalue weighted by Crippen LogP contribution is 2.20. The fraction of sp³-hybridized carbons (Fsp3) is 0.333. The summed E-state index contributed by atoms with van der Waals surface area (Å²) in [6.45, 7) is 2.12. The largest absolute Gasteiger partial charge is 0.497 e. The molecular formula is C18H24N2O3S. The van der Waals surface area contributed by atoms with Crippen molar-refractivity contribution in [2.45, 2.75) is 18.2 Å². The minimum absolute atomic E-state index is 0.284. The van der Waals surface area contributed by atoms with Gasteiger partial charge in [-0.15, -0.1) is 0 Å². The van der Waals surface area contributed by atoms with Gasteiger partial charge < -0.3 is 9.64 Å². The quantitative estimate of drug-likeness (QED) is 0.835. The van der Waals surface area contributed by atoms with Crippen LogP contribution in [0.15, 0.2) is 47.4 Å². The van der Waals surface area contributed by atoms with E-state index in [4.69, 9.17) is 4.74 Å². The molecule has 6 heteroatoms. The van der Waals surface area contributed by atoms with Crippen molar-refractivity contribution >= 4 is 15.7 Å². The van der Waals surface area contributed by atoms with E-state index in [0.29, 0.717) is 24.3 Å². The number of ether oxygens (including phenoxy) is 1. The molecule has 0 radical (unpaired) electrons. The van der Waals surface area contributed by atoms with E-state index in [9.17, 15) is 8.42 Å². The van der Waals surface area contributed by atoms with Crippen LogP contribution in [0, 0.1) is 6.92 Å². The number of sulfonamides is 1. The monoisotopic (exact) mass is 348 g/mol. The predicted molar refractivity (Wildman–Crippen MR) is 97.4 cm³/mol. The second-order valence-electron chi connectivity index (χ2n) is 5.84. The zero-order valence-electron chi connectivity index (χ0n) is 14.5. The van der Waals surface area contributed by atoms with Gasteiger partial charge in [-0.25, -0.2) is 13.1 Å². The first-order valence-corrected chi connectivity index (χ1v) is 9.22. The maximum absolute atomic E-state index is 12.4. The van der Waals surface area contributed by atoms with E-state index in [2.05, 4.69) is 4.72 Å². The molecule has 0 heterocycles. The van der Waals surface area contributed by atoms with E-state index < -0.39 is 10.0 Å². The minimum atomic E-state index is -3.52. The lowest BCUT2D eigenvalue weighted by Gasteiger charge is -2.13. The molecule has 0 aliphatic heterocycles. The second-order valence-corrected chi connectivity index (χ2v) is 7.58. The van der Waals surface area contributed by atoms with E-state index in [1.165, 1.54) is 0 Å². The molecule has 0 fully saturated rings. The smallest absolute Gasteiger partial charge is 0.240 e. The van der Waals surface area contributed by atoms with Gasteiger partial charge in [-0.3, -0.25) is 0 Å². The van der Waals surface area contributed by atoms with Crippen LogP contribution in [0.3, 0.4) is 0 Å². The first kappa shape index (κ1) is 18.3. The van der Waals surface area contributed by atoms with Crippen LogP contribution in [0.2, 0.25) is 0 Å². The molecule has 0 amide bonds.